The Bertz CT molecular complexity index is 281. The van der Waals surface area contributed by atoms with E-state index in [0.717, 1.165) is 0 Å². The van der Waals surface area contributed by atoms with Crippen LogP contribution in [0.1, 0.15) is 0 Å². The highest BCUT2D eigenvalue weighted by Crippen LogP contribution is 2.29. The van der Waals surface area contributed by atoms with E-state index in [1.807, 2.05) is 0 Å². The number of nitrogen functional groups attached to an aromatic ring is 1. The van der Waals surface area contributed by atoms with Gasteiger partial charge in [-0.25, -0.2) is 5.21 Å². The number of hydrogen-bond donors (Lipinski definition) is 3. The van der Waals surface area contributed by atoms with Gasteiger partial charge in [0.2, 0.25) is 0 Å². The lowest BCUT2D eigenvalue weighted by Gasteiger charge is -2.12. The van der Waals surface area contributed by atoms with Gasteiger partial charge < -0.3 is 10.9 Å². The highest BCUT2D eigenvalue weighted by atomic mass is 35.5. The fourth-order valence-electron chi connectivity index (χ4n) is 0.708. The maximum atomic E-state index is 10.5. The lowest BCUT2D eigenvalue weighted by Crippen LogP contribution is -2.99. The van der Waals surface area contributed by atoms with Crippen LogP contribution >= 0.6 is 23.2 Å². The Balaban J connectivity index is 3.21. The minimum atomic E-state index is -1.08. The van der Waals surface area contributed by atoms with Crippen molar-refractivity contribution in [2.75, 3.05) is 5.73 Å². The second kappa shape index (κ2) is 3.47. The molecule has 0 aromatic heterocycles. The van der Waals surface area contributed by atoms with Crippen LogP contribution in [0.4, 0.5) is 11.4 Å². The van der Waals surface area contributed by atoms with E-state index < -0.39 is 5.23 Å². The van der Waals surface area contributed by atoms with Crippen molar-refractivity contribution < 1.29 is 10.4 Å². The van der Waals surface area contributed by atoms with Crippen LogP contribution in [0.2, 0.25) is 10.0 Å². The van der Waals surface area contributed by atoms with Gasteiger partial charge in [-0.3, -0.25) is 0 Å². The SMILES string of the molecule is Nc1c(Cl)cc([NH+]([O-])O)cc1Cl. The van der Waals surface area contributed by atoms with E-state index in [2.05, 4.69) is 0 Å². The van der Waals surface area contributed by atoms with Crippen LogP contribution in [0, 0.1) is 5.21 Å². The summed E-state index contributed by atoms with van der Waals surface area (Å²) in [7, 11) is 0. The molecular weight excluding hydrogens is 203 g/mol. The number of halogens is 2. The fraction of sp³-hybridized carbons (Fsp3) is 0. The maximum absolute atomic E-state index is 10.5. The van der Waals surface area contributed by atoms with Gasteiger partial charge in [-0.2, -0.15) is 5.23 Å². The maximum Gasteiger partial charge on any atom is 0.166 e. The Morgan fingerprint density at radius 3 is 2.08 bits per heavy atom. The molecule has 0 radical (unpaired) electrons. The van der Waals surface area contributed by atoms with Crippen molar-refractivity contribution in [3.8, 4) is 0 Å². The number of benzene rings is 1. The zero-order chi connectivity index (χ0) is 9.30. The molecule has 0 bridgehead atoms. The molecule has 0 aliphatic rings. The molecule has 1 rings (SSSR count). The summed E-state index contributed by atoms with van der Waals surface area (Å²) in [5.41, 5.74) is 5.62. The number of nitrogens with one attached hydrogen (secondary N) is 1. The molecule has 1 unspecified atom stereocenters. The van der Waals surface area contributed by atoms with Crippen LogP contribution in [0.5, 0.6) is 0 Å². The summed E-state index contributed by atoms with van der Waals surface area (Å²) in [4.78, 5) is 0. The predicted molar refractivity (Wildman–Crippen MR) is 46.7 cm³/mol. The zero-order valence-corrected chi connectivity index (χ0v) is 7.36. The van der Waals surface area contributed by atoms with E-state index in [9.17, 15) is 5.21 Å². The van der Waals surface area contributed by atoms with E-state index in [-0.39, 0.29) is 21.4 Å². The monoisotopic (exact) mass is 208 g/mol. The normalized spacial score (nSPS) is 13.0. The molecule has 0 saturated heterocycles. The first-order chi connectivity index (χ1) is 5.52. The molecule has 12 heavy (non-hydrogen) atoms. The molecule has 0 amide bonds. The molecule has 0 aliphatic heterocycles. The van der Waals surface area contributed by atoms with Gasteiger partial charge in [-0.05, 0) is 0 Å². The molecule has 66 valence electrons. The van der Waals surface area contributed by atoms with Crippen LogP contribution in [0.15, 0.2) is 12.1 Å². The van der Waals surface area contributed by atoms with E-state index in [0.29, 0.717) is 0 Å². The van der Waals surface area contributed by atoms with Gasteiger partial charge in [-0.15, -0.1) is 0 Å². The Morgan fingerprint density at radius 2 is 1.75 bits per heavy atom. The van der Waals surface area contributed by atoms with Crippen molar-refractivity contribution in [1.29, 1.82) is 0 Å². The largest absolute Gasteiger partial charge is 0.595 e. The van der Waals surface area contributed by atoms with Crippen LogP contribution in [-0.2, 0) is 0 Å². The van der Waals surface area contributed by atoms with E-state index in [1.54, 1.807) is 0 Å². The quantitative estimate of drug-likeness (QED) is 0.476. The lowest BCUT2D eigenvalue weighted by atomic mass is 10.3. The van der Waals surface area contributed by atoms with Crippen LogP contribution in [0.25, 0.3) is 0 Å². The van der Waals surface area contributed by atoms with E-state index in [1.165, 1.54) is 12.1 Å². The second-order valence-corrected chi connectivity index (χ2v) is 2.97. The van der Waals surface area contributed by atoms with Crippen molar-refractivity contribution in [3.05, 3.63) is 27.4 Å². The summed E-state index contributed by atoms with van der Waals surface area (Å²) < 4.78 is 0. The number of quaternary nitrogens is 1. The third kappa shape index (κ3) is 1.80. The van der Waals surface area contributed by atoms with Gasteiger partial charge >= 0.3 is 0 Å². The molecule has 1 aromatic rings. The van der Waals surface area contributed by atoms with Crippen LogP contribution in [0.3, 0.4) is 0 Å². The Morgan fingerprint density at radius 1 is 1.33 bits per heavy atom. The van der Waals surface area contributed by atoms with E-state index >= 15 is 0 Å². The van der Waals surface area contributed by atoms with Crippen molar-refractivity contribution in [2.24, 2.45) is 0 Å². The Hall–Kier alpha value is -0.520. The summed E-state index contributed by atoms with van der Waals surface area (Å²) in [6, 6.07) is 2.51. The Labute approximate surface area is 78.6 Å². The van der Waals surface area contributed by atoms with Gasteiger partial charge in [0.05, 0.1) is 15.7 Å². The zero-order valence-electron chi connectivity index (χ0n) is 5.84. The molecule has 4 N–H and O–H groups in total. The molecule has 1 atom stereocenters. The first-order valence-electron chi connectivity index (χ1n) is 3.00. The van der Waals surface area contributed by atoms with Gasteiger partial charge in [0.15, 0.2) is 5.69 Å². The highest BCUT2D eigenvalue weighted by molar-refractivity contribution is 6.39. The average molecular weight is 209 g/mol. The van der Waals surface area contributed by atoms with Crippen LogP contribution in [-0.4, -0.2) is 5.21 Å². The van der Waals surface area contributed by atoms with Gasteiger partial charge in [0.1, 0.15) is 0 Å². The molecule has 0 spiro atoms. The van der Waals surface area contributed by atoms with E-state index in [4.69, 9.17) is 34.1 Å². The third-order valence-electron chi connectivity index (χ3n) is 1.33. The number of anilines is 1. The molecule has 6 heteroatoms. The summed E-state index contributed by atoms with van der Waals surface area (Å²) in [6.07, 6.45) is 0. The third-order valence-corrected chi connectivity index (χ3v) is 1.95. The minimum absolute atomic E-state index is 0.0270. The number of hydrogen-bond acceptors (Lipinski definition) is 3. The fourth-order valence-corrected chi connectivity index (χ4v) is 1.19. The molecule has 0 heterocycles. The number of rotatable bonds is 1. The summed E-state index contributed by atoms with van der Waals surface area (Å²) in [5.74, 6) is 0. The van der Waals surface area contributed by atoms with Crippen molar-refractivity contribution in [1.82, 2.24) is 0 Å². The van der Waals surface area contributed by atoms with Crippen molar-refractivity contribution in [2.45, 2.75) is 0 Å². The smallest absolute Gasteiger partial charge is 0.166 e. The predicted octanol–water partition coefficient (Wildman–Crippen LogP) is 0.979. The Kier molecular flexibility index (Phi) is 2.76. The molecule has 1 aromatic carbocycles. The van der Waals surface area contributed by atoms with Crippen LogP contribution < -0.4 is 11.0 Å². The summed E-state index contributed by atoms with van der Waals surface area (Å²) in [5, 5.41) is 18.2. The average Bonchev–Trinajstić information content (AvgIpc) is 1.99. The molecule has 0 fully saturated rings. The molecule has 0 aliphatic carbocycles. The molecule has 4 nitrogen and oxygen atoms in total. The van der Waals surface area contributed by atoms with Gasteiger partial charge in [0, 0.05) is 12.1 Å². The van der Waals surface area contributed by atoms with Gasteiger partial charge in [0.25, 0.3) is 0 Å². The second-order valence-electron chi connectivity index (χ2n) is 2.16. The highest BCUT2D eigenvalue weighted by Gasteiger charge is 2.08. The summed E-state index contributed by atoms with van der Waals surface area (Å²) >= 11 is 11.2. The van der Waals surface area contributed by atoms with Crippen molar-refractivity contribution in [3.63, 3.8) is 0 Å². The minimum Gasteiger partial charge on any atom is -0.595 e. The number of nitrogens with two attached hydrogens (primary N) is 1. The lowest BCUT2D eigenvalue weighted by molar-refractivity contribution is -0.991. The molecular formula is C6H6Cl2N2O2. The van der Waals surface area contributed by atoms with Crippen molar-refractivity contribution >= 4 is 34.6 Å². The first kappa shape index (κ1) is 9.57. The summed E-state index contributed by atoms with van der Waals surface area (Å²) in [6.45, 7) is 0. The topological polar surface area (TPSA) is 73.8 Å². The standard InChI is InChI=1S/C6H6Cl2N2O2/c7-4-1-3(10(11)12)2-5(8)6(4)9/h1-2,10-11H,9H2. The molecule has 0 saturated carbocycles. The first-order valence-corrected chi connectivity index (χ1v) is 3.76. The van der Waals surface area contributed by atoms with Gasteiger partial charge in [-0.1, -0.05) is 23.2 Å².